The van der Waals surface area contributed by atoms with Crippen LogP contribution in [-0.4, -0.2) is 37.0 Å². The van der Waals surface area contributed by atoms with Crippen molar-refractivity contribution in [2.75, 3.05) is 19.1 Å². The largest absolute Gasteiger partial charge is 0.503 e. The van der Waals surface area contributed by atoms with Crippen LogP contribution in [0.1, 0.15) is 32.7 Å². The highest BCUT2D eigenvalue weighted by molar-refractivity contribution is 6.31. The number of furan rings is 2. The molecule has 3 heterocycles. The third kappa shape index (κ3) is 3.70. The third-order valence-electron chi connectivity index (χ3n) is 5.80. The first-order valence-corrected chi connectivity index (χ1v) is 11.0. The molecule has 5 rings (SSSR count). The first-order chi connectivity index (χ1) is 17.3. The van der Waals surface area contributed by atoms with Gasteiger partial charge in [-0.05, 0) is 42.5 Å². The molecule has 1 amide bonds. The number of esters is 1. The van der Waals surface area contributed by atoms with Crippen LogP contribution in [0, 0.1) is 0 Å². The second-order valence-electron chi connectivity index (χ2n) is 7.86. The predicted molar refractivity (Wildman–Crippen MR) is 128 cm³/mol. The first-order valence-electron chi connectivity index (χ1n) is 10.6. The number of aliphatic hydroxyl groups is 1. The lowest BCUT2D eigenvalue weighted by molar-refractivity contribution is -0.117. The summed E-state index contributed by atoms with van der Waals surface area (Å²) in [6.07, 6.45) is 1.38. The number of amides is 1. The summed E-state index contributed by atoms with van der Waals surface area (Å²) in [7, 11) is 2.67. The zero-order chi connectivity index (χ0) is 25.6. The number of aliphatic hydroxyl groups excluding tert-OH is 1. The highest BCUT2D eigenvalue weighted by Gasteiger charge is 2.47. The van der Waals surface area contributed by atoms with Gasteiger partial charge in [0.1, 0.15) is 11.8 Å². The van der Waals surface area contributed by atoms with Gasteiger partial charge in [0.15, 0.2) is 22.9 Å². The Kier molecular flexibility index (Phi) is 5.77. The molecule has 0 aliphatic carbocycles. The normalized spacial score (nSPS) is 15.6. The molecule has 1 atom stereocenters. The molecule has 10 heteroatoms. The summed E-state index contributed by atoms with van der Waals surface area (Å²) < 4.78 is 21.4. The molecular formula is C26H18ClNO8. The number of rotatable bonds is 6. The van der Waals surface area contributed by atoms with Crippen molar-refractivity contribution < 1.29 is 37.8 Å². The predicted octanol–water partition coefficient (Wildman–Crippen LogP) is 5.26. The van der Waals surface area contributed by atoms with E-state index in [1.54, 1.807) is 36.4 Å². The van der Waals surface area contributed by atoms with E-state index in [1.165, 1.54) is 43.6 Å². The Hall–Kier alpha value is -4.50. The van der Waals surface area contributed by atoms with E-state index in [-0.39, 0.29) is 33.9 Å². The summed E-state index contributed by atoms with van der Waals surface area (Å²) >= 11 is 6.13. The summed E-state index contributed by atoms with van der Waals surface area (Å²) in [4.78, 5) is 40.2. The molecule has 0 radical (unpaired) electrons. The third-order valence-corrected chi connectivity index (χ3v) is 6.02. The lowest BCUT2D eigenvalue weighted by Crippen LogP contribution is -2.31. The van der Waals surface area contributed by atoms with Gasteiger partial charge in [0.05, 0.1) is 31.6 Å². The monoisotopic (exact) mass is 507 g/mol. The van der Waals surface area contributed by atoms with E-state index in [1.807, 2.05) is 0 Å². The van der Waals surface area contributed by atoms with Crippen LogP contribution in [0.3, 0.4) is 0 Å². The van der Waals surface area contributed by atoms with Gasteiger partial charge in [0.2, 0.25) is 5.78 Å². The van der Waals surface area contributed by atoms with E-state index in [0.29, 0.717) is 16.2 Å². The van der Waals surface area contributed by atoms with Crippen LogP contribution in [0.5, 0.6) is 5.75 Å². The van der Waals surface area contributed by atoms with E-state index in [2.05, 4.69) is 0 Å². The Bertz CT molecular complexity index is 1550. The number of carbonyl (C=O) groups excluding carboxylic acids is 3. The maximum atomic E-state index is 13.7. The molecule has 182 valence electrons. The van der Waals surface area contributed by atoms with Crippen molar-refractivity contribution in [3.05, 3.63) is 94.3 Å². The molecule has 9 nitrogen and oxygen atoms in total. The molecule has 36 heavy (non-hydrogen) atoms. The number of ether oxygens (including phenoxy) is 2. The smallest absolute Gasteiger partial charge is 0.337 e. The van der Waals surface area contributed by atoms with Gasteiger partial charge in [-0.1, -0.05) is 17.7 Å². The molecule has 2 aromatic carbocycles. The standard InChI is InChI=1S/C26H18ClNO8/c1-33-19-12-15(27)9-14-11-18(36-24(14)19)22(29)20-21(17-7-4-8-35-17)28(25(31)23(20)30)16-6-3-5-13(10-16)26(32)34-2/h3-12,21,30H,1-2H3. The Morgan fingerprint density at radius 2 is 1.89 bits per heavy atom. The lowest BCUT2D eigenvalue weighted by Gasteiger charge is -2.25. The zero-order valence-corrected chi connectivity index (χ0v) is 19.7. The zero-order valence-electron chi connectivity index (χ0n) is 19.0. The van der Waals surface area contributed by atoms with Crippen LogP contribution in [0.15, 0.2) is 81.0 Å². The fraction of sp³-hybridized carbons (Fsp3) is 0.115. The molecule has 4 aromatic rings. The Morgan fingerprint density at radius 3 is 2.58 bits per heavy atom. The van der Waals surface area contributed by atoms with Crippen molar-refractivity contribution in [3.63, 3.8) is 0 Å². The number of carbonyl (C=O) groups is 3. The minimum Gasteiger partial charge on any atom is -0.503 e. The number of anilines is 1. The number of hydrogen-bond donors (Lipinski definition) is 1. The molecule has 0 bridgehead atoms. The van der Waals surface area contributed by atoms with Gasteiger partial charge in [-0.15, -0.1) is 0 Å². The molecule has 1 N–H and O–H groups in total. The quantitative estimate of drug-likeness (QED) is 0.277. The molecule has 0 fully saturated rings. The van der Waals surface area contributed by atoms with Crippen LogP contribution in [0.25, 0.3) is 11.0 Å². The maximum absolute atomic E-state index is 13.7. The van der Waals surface area contributed by atoms with Crippen molar-refractivity contribution in [2.24, 2.45) is 0 Å². The van der Waals surface area contributed by atoms with Gasteiger partial charge < -0.3 is 23.4 Å². The highest BCUT2D eigenvalue weighted by atomic mass is 35.5. The van der Waals surface area contributed by atoms with Gasteiger partial charge in [-0.25, -0.2) is 4.79 Å². The van der Waals surface area contributed by atoms with Crippen LogP contribution in [-0.2, 0) is 9.53 Å². The second kappa shape index (κ2) is 8.94. The minimum absolute atomic E-state index is 0.137. The Morgan fingerprint density at radius 1 is 1.08 bits per heavy atom. The number of nitrogens with zero attached hydrogens (tertiary/aromatic N) is 1. The number of halogens is 1. The molecule has 0 spiro atoms. The molecule has 2 aromatic heterocycles. The van der Waals surface area contributed by atoms with Gasteiger partial charge >= 0.3 is 5.97 Å². The van der Waals surface area contributed by atoms with E-state index in [0.717, 1.165) is 0 Å². The van der Waals surface area contributed by atoms with Gasteiger partial charge in [0, 0.05) is 22.2 Å². The fourth-order valence-electron chi connectivity index (χ4n) is 4.20. The van der Waals surface area contributed by atoms with E-state index in [9.17, 15) is 19.5 Å². The topological polar surface area (TPSA) is 119 Å². The Labute approximate surface area is 209 Å². The number of ketones is 1. The first kappa shape index (κ1) is 23.3. The van der Waals surface area contributed by atoms with E-state index >= 15 is 0 Å². The van der Waals surface area contributed by atoms with Crippen molar-refractivity contribution in [1.82, 2.24) is 0 Å². The summed E-state index contributed by atoms with van der Waals surface area (Å²) in [5.74, 6) is -2.56. The lowest BCUT2D eigenvalue weighted by atomic mass is 9.99. The van der Waals surface area contributed by atoms with Crippen LogP contribution in [0.2, 0.25) is 5.02 Å². The number of Topliss-reactive ketones (excluding diaryl/α,β-unsaturated/α-hetero) is 1. The summed E-state index contributed by atoms with van der Waals surface area (Å²) in [6, 6.07) is 12.7. The molecular weight excluding hydrogens is 490 g/mol. The summed E-state index contributed by atoms with van der Waals surface area (Å²) in [6.45, 7) is 0. The summed E-state index contributed by atoms with van der Waals surface area (Å²) in [5, 5.41) is 11.8. The maximum Gasteiger partial charge on any atom is 0.337 e. The minimum atomic E-state index is -1.13. The van der Waals surface area contributed by atoms with Crippen molar-refractivity contribution in [1.29, 1.82) is 0 Å². The van der Waals surface area contributed by atoms with Gasteiger partial charge in [0.25, 0.3) is 5.91 Å². The van der Waals surface area contributed by atoms with Crippen molar-refractivity contribution in [2.45, 2.75) is 6.04 Å². The van der Waals surface area contributed by atoms with E-state index in [4.69, 9.17) is 29.9 Å². The van der Waals surface area contributed by atoms with Crippen molar-refractivity contribution in [3.8, 4) is 5.75 Å². The van der Waals surface area contributed by atoms with Crippen molar-refractivity contribution >= 4 is 45.9 Å². The fourth-order valence-corrected chi connectivity index (χ4v) is 4.42. The summed E-state index contributed by atoms with van der Waals surface area (Å²) in [5.41, 5.74) is 0.465. The number of benzene rings is 2. The molecule has 1 aliphatic heterocycles. The van der Waals surface area contributed by atoms with Crippen LogP contribution < -0.4 is 9.64 Å². The Balaban J connectivity index is 1.63. The van der Waals surface area contributed by atoms with Crippen LogP contribution in [0.4, 0.5) is 5.69 Å². The number of hydrogen-bond acceptors (Lipinski definition) is 8. The number of methoxy groups -OCH3 is 2. The highest BCUT2D eigenvalue weighted by Crippen LogP contribution is 2.43. The average molecular weight is 508 g/mol. The van der Waals surface area contributed by atoms with Crippen LogP contribution >= 0.6 is 11.6 Å². The van der Waals surface area contributed by atoms with Gasteiger partial charge in [-0.3, -0.25) is 14.5 Å². The molecule has 1 aliphatic rings. The molecule has 1 unspecified atom stereocenters. The molecule has 0 saturated heterocycles. The van der Waals surface area contributed by atoms with E-state index < -0.39 is 29.5 Å². The average Bonchev–Trinajstić information content (AvgIpc) is 3.61. The van der Waals surface area contributed by atoms with Gasteiger partial charge in [-0.2, -0.15) is 0 Å². The second-order valence-corrected chi connectivity index (χ2v) is 8.30. The number of fused-ring (bicyclic) bond motifs is 1. The SMILES string of the molecule is COC(=O)c1cccc(N2C(=O)C(O)=C(C(=O)c3cc4cc(Cl)cc(OC)c4o3)C2c2ccco2)c1. The molecule has 0 saturated carbocycles.